The number of carboxylic acid groups (broad SMARTS) is 1. The van der Waals surface area contributed by atoms with Crippen LogP contribution in [0.25, 0.3) is 0 Å². The highest BCUT2D eigenvalue weighted by Gasteiger charge is 2.21. The van der Waals surface area contributed by atoms with Gasteiger partial charge in [-0.1, -0.05) is 24.3 Å². The van der Waals surface area contributed by atoms with Gasteiger partial charge in [0.15, 0.2) is 0 Å². The van der Waals surface area contributed by atoms with E-state index in [-0.39, 0.29) is 18.4 Å². The molecule has 0 bridgehead atoms. The Hall–Kier alpha value is -1.88. The van der Waals surface area contributed by atoms with Crippen LogP contribution in [-0.2, 0) is 22.6 Å². The molecule has 0 aliphatic carbocycles. The van der Waals surface area contributed by atoms with Crippen molar-refractivity contribution in [3.8, 4) is 0 Å². The summed E-state index contributed by atoms with van der Waals surface area (Å²) in [5, 5.41) is 14.8. The largest absolute Gasteiger partial charge is 0.481 e. The number of nitrogens with one attached hydrogen (secondary N) is 2. The third kappa shape index (κ3) is 3.79. The lowest BCUT2D eigenvalue weighted by Crippen LogP contribution is -2.40. The van der Waals surface area contributed by atoms with Crippen LogP contribution in [0.3, 0.4) is 0 Å². The van der Waals surface area contributed by atoms with Gasteiger partial charge in [0.2, 0.25) is 5.91 Å². The van der Waals surface area contributed by atoms with Crippen molar-refractivity contribution in [3.63, 3.8) is 0 Å². The van der Waals surface area contributed by atoms with Gasteiger partial charge >= 0.3 is 5.97 Å². The van der Waals surface area contributed by atoms with Crippen LogP contribution in [0.15, 0.2) is 24.3 Å². The van der Waals surface area contributed by atoms with Gasteiger partial charge in [-0.05, 0) is 30.5 Å². The highest BCUT2D eigenvalue weighted by molar-refractivity contribution is 5.82. The van der Waals surface area contributed by atoms with E-state index in [1.54, 1.807) is 6.07 Å². The number of hydrogen-bond acceptors (Lipinski definition) is 3. The van der Waals surface area contributed by atoms with E-state index in [1.165, 1.54) is 0 Å². The Labute approximate surface area is 112 Å². The van der Waals surface area contributed by atoms with E-state index < -0.39 is 5.97 Å². The minimum absolute atomic E-state index is 0.0115. The van der Waals surface area contributed by atoms with E-state index in [9.17, 15) is 9.59 Å². The fourth-order valence-electron chi connectivity index (χ4n) is 2.28. The zero-order valence-corrected chi connectivity index (χ0v) is 10.7. The fourth-order valence-corrected chi connectivity index (χ4v) is 2.28. The summed E-state index contributed by atoms with van der Waals surface area (Å²) in [7, 11) is 0. The summed E-state index contributed by atoms with van der Waals surface area (Å²) in [5.74, 6) is -0.876. The normalized spacial score (nSPS) is 18.2. The van der Waals surface area contributed by atoms with Gasteiger partial charge in [0.25, 0.3) is 0 Å². The number of carbonyl (C=O) groups excluding carboxylic acids is 1. The van der Waals surface area contributed by atoms with Crippen molar-refractivity contribution in [3.05, 3.63) is 35.4 Å². The first-order valence-electron chi connectivity index (χ1n) is 6.46. The lowest BCUT2D eigenvalue weighted by atomic mass is 10.0. The molecule has 1 aromatic rings. The predicted octanol–water partition coefficient (Wildman–Crippen LogP) is 0.682. The fraction of sp³-hybridized carbons (Fsp3) is 0.429. The number of amides is 1. The van der Waals surface area contributed by atoms with E-state index in [1.807, 2.05) is 18.2 Å². The first-order valence-corrected chi connectivity index (χ1v) is 6.46. The summed E-state index contributed by atoms with van der Waals surface area (Å²) >= 11 is 0. The van der Waals surface area contributed by atoms with Crippen molar-refractivity contribution in [2.75, 3.05) is 6.54 Å². The maximum absolute atomic E-state index is 11.9. The molecule has 1 unspecified atom stereocenters. The van der Waals surface area contributed by atoms with Crippen molar-refractivity contribution in [1.82, 2.24) is 10.6 Å². The van der Waals surface area contributed by atoms with Crippen LogP contribution in [0, 0.1) is 0 Å². The Kier molecular flexibility index (Phi) is 4.52. The molecule has 0 saturated carbocycles. The molecule has 1 fully saturated rings. The Morgan fingerprint density at radius 3 is 2.68 bits per heavy atom. The molecule has 102 valence electrons. The Morgan fingerprint density at radius 1 is 1.32 bits per heavy atom. The van der Waals surface area contributed by atoms with Crippen LogP contribution in [0.5, 0.6) is 0 Å². The molecule has 1 amide bonds. The van der Waals surface area contributed by atoms with Gasteiger partial charge < -0.3 is 15.7 Å². The third-order valence-electron chi connectivity index (χ3n) is 3.29. The summed E-state index contributed by atoms with van der Waals surface area (Å²) in [6, 6.07) is 7.18. The zero-order chi connectivity index (χ0) is 13.7. The Morgan fingerprint density at radius 2 is 2.05 bits per heavy atom. The molecule has 1 saturated heterocycles. The molecule has 3 N–H and O–H groups in total. The molecular formula is C14H18N2O3. The van der Waals surface area contributed by atoms with Gasteiger partial charge in [-0.2, -0.15) is 0 Å². The SMILES string of the molecule is O=C(O)Cc1ccccc1CNC(=O)C1CCCN1. The zero-order valence-electron chi connectivity index (χ0n) is 10.7. The Balaban J connectivity index is 1.94. The number of benzene rings is 1. The standard InChI is InChI=1S/C14H18N2O3/c17-13(18)8-10-4-1-2-5-11(10)9-16-14(19)12-6-3-7-15-12/h1-2,4-5,12,15H,3,6-9H2,(H,16,19)(H,17,18). The lowest BCUT2D eigenvalue weighted by molar-refractivity contribution is -0.136. The summed E-state index contributed by atoms with van der Waals surface area (Å²) in [5.41, 5.74) is 1.60. The highest BCUT2D eigenvalue weighted by atomic mass is 16.4. The van der Waals surface area contributed by atoms with Crippen LogP contribution < -0.4 is 10.6 Å². The van der Waals surface area contributed by atoms with Crippen LogP contribution in [0.4, 0.5) is 0 Å². The molecule has 1 atom stereocenters. The molecule has 0 spiro atoms. The Bertz CT molecular complexity index is 468. The van der Waals surface area contributed by atoms with Crippen LogP contribution in [0.2, 0.25) is 0 Å². The van der Waals surface area contributed by atoms with Crippen molar-refractivity contribution in [1.29, 1.82) is 0 Å². The molecule has 5 nitrogen and oxygen atoms in total. The molecule has 1 aliphatic rings. The van der Waals surface area contributed by atoms with Crippen molar-refractivity contribution < 1.29 is 14.7 Å². The molecule has 2 rings (SSSR count). The monoisotopic (exact) mass is 262 g/mol. The number of aliphatic carboxylic acids is 1. The minimum atomic E-state index is -0.865. The maximum Gasteiger partial charge on any atom is 0.307 e. The smallest absolute Gasteiger partial charge is 0.307 e. The van der Waals surface area contributed by atoms with Crippen LogP contribution in [-0.4, -0.2) is 29.6 Å². The van der Waals surface area contributed by atoms with E-state index in [0.717, 1.165) is 30.5 Å². The summed E-state index contributed by atoms with van der Waals surface area (Å²) in [6.45, 7) is 1.26. The number of hydrogen-bond donors (Lipinski definition) is 3. The van der Waals surface area contributed by atoms with Crippen molar-refractivity contribution in [2.24, 2.45) is 0 Å². The third-order valence-corrected chi connectivity index (χ3v) is 3.29. The average Bonchev–Trinajstić information content (AvgIpc) is 2.90. The highest BCUT2D eigenvalue weighted by Crippen LogP contribution is 2.10. The molecule has 0 radical (unpaired) electrons. The molecular weight excluding hydrogens is 244 g/mol. The predicted molar refractivity (Wildman–Crippen MR) is 70.7 cm³/mol. The van der Waals surface area contributed by atoms with Crippen LogP contribution >= 0.6 is 0 Å². The molecule has 1 heterocycles. The minimum Gasteiger partial charge on any atom is -0.481 e. The first-order chi connectivity index (χ1) is 9.16. The van der Waals surface area contributed by atoms with Gasteiger partial charge in [0.05, 0.1) is 12.5 Å². The summed E-state index contributed by atoms with van der Waals surface area (Å²) < 4.78 is 0. The summed E-state index contributed by atoms with van der Waals surface area (Å²) in [4.78, 5) is 22.6. The van der Waals surface area contributed by atoms with E-state index in [0.29, 0.717) is 6.54 Å². The molecule has 1 aliphatic heterocycles. The van der Waals surface area contributed by atoms with Crippen molar-refractivity contribution in [2.45, 2.75) is 31.8 Å². The second kappa shape index (κ2) is 6.33. The first kappa shape index (κ1) is 13.5. The van der Waals surface area contributed by atoms with Crippen LogP contribution in [0.1, 0.15) is 24.0 Å². The number of carbonyl (C=O) groups is 2. The maximum atomic E-state index is 11.9. The molecule has 0 aromatic heterocycles. The van der Waals surface area contributed by atoms with E-state index in [2.05, 4.69) is 10.6 Å². The van der Waals surface area contributed by atoms with Gasteiger partial charge in [0, 0.05) is 6.54 Å². The van der Waals surface area contributed by atoms with Gasteiger partial charge in [-0.15, -0.1) is 0 Å². The van der Waals surface area contributed by atoms with Crippen molar-refractivity contribution >= 4 is 11.9 Å². The number of carboxylic acids is 1. The second-order valence-electron chi connectivity index (χ2n) is 4.71. The quantitative estimate of drug-likeness (QED) is 0.729. The number of rotatable bonds is 5. The topological polar surface area (TPSA) is 78.4 Å². The van der Waals surface area contributed by atoms with Gasteiger partial charge in [-0.3, -0.25) is 9.59 Å². The van der Waals surface area contributed by atoms with Gasteiger partial charge in [0.1, 0.15) is 0 Å². The van der Waals surface area contributed by atoms with E-state index in [4.69, 9.17) is 5.11 Å². The van der Waals surface area contributed by atoms with Gasteiger partial charge in [-0.25, -0.2) is 0 Å². The second-order valence-corrected chi connectivity index (χ2v) is 4.71. The lowest BCUT2D eigenvalue weighted by Gasteiger charge is -2.13. The molecule has 1 aromatic carbocycles. The molecule has 19 heavy (non-hydrogen) atoms. The van der Waals surface area contributed by atoms with E-state index >= 15 is 0 Å². The molecule has 5 heteroatoms. The summed E-state index contributed by atoms with van der Waals surface area (Å²) in [6.07, 6.45) is 1.87. The average molecular weight is 262 g/mol.